The quantitative estimate of drug-likeness (QED) is 0.345. The molecule has 0 fully saturated rings. The van der Waals surface area contributed by atoms with Gasteiger partial charge in [-0.05, 0) is 61.9 Å². The number of hydrogen-bond donors (Lipinski definition) is 3. The number of hydrogen-bond acceptors (Lipinski definition) is 6. The normalized spacial score (nSPS) is 10.7. The highest BCUT2D eigenvalue weighted by Gasteiger charge is 2.38. The molecule has 1 aromatic heterocycles. The Balaban J connectivity index is 0.000000673. The maximum atomic E-state index is 12.5. The number of methoxy groups -OCH3 is 1. The van der Waals surface area contributed by atoms with Gasteiger partial charge in [0.2, 0.25) is 0 Å². The van der Waals surface area contributed by atoms with Crippen molar-refractivity contribution >= 4 is 29.2 Å². The van der Waals surface area contributed by atoms with Crippen LogP contribution in [-0.4, -0.2) is 58.2 Å². The van der Waals surface area contributed by atoms with E-state index in [4.69, 9.17) is 14.6 Å². The number of alkyl halides is 3. The van der Waals surface area contributed by atoms with E-state index in [2.05, 4.69) is 17.3 Å². The summed E-state index contributed by atoms with van der Waals surface area (Å²) < 4.78 is 38.8. The first-order valence-corrected chi connectivity index (χ1v) is 11.6. The molecule has 0 aliphatic heterocycles. The molecule has 1 heterocycles. The van der Waals surface area contributed by atoms with Crippen molar-refractivity contribution in [3.63, 3.8) is 0 Å². The number of carbonyl (C=O) groups is 3. The second kappa shape index (κ2) is 13.3. The number of carboxylic acids is 2. The van der Waals surface area contributed by atoms with Gasteiger partial charge in [-0.15, -0.1) is 0 Å². The number of carboxylic acid groups (broad SMARTS) is 2. The first-order chi connectivity index (χ1) is 18.3. The highest BCUT2D eigenvalue weighted by molar-refractivity contribution is 6.05. The van der Waals surface area contributed by atoms with E-state index in [1.807, 2.05) is 29.6 Å². The lowest BCUT2D eigenvalue weighted by atomic mass is 10.1. The fourth-order valence-electron chi connectivity index (χ4n) is 3.52. The molecule has 0 aliphatic rings. The predicted octanol–water partition coefficient (Wildman–Crippen LogP) is 4.83. The molecular formula is C26H29F3N4O6. The second-order valence-electron chi connectivity index (χ2n) is 8.38. The number of aromatic carboxylic acids is 1. The Bertz CT molecular complexity index is 1310. The van der Waals surface area contributed by atoms with Gasteiger partial charge in [0.25, 0.3) is 5.91 Å². The van der Waals surface area contributed by atoms with E-state index in [0.717, 1.165) is 24.4 Å². The maximum Gasteiger partial charge on any atom is 0.490 e. The van der Waals surface area contributed by atoms with Crippen molar-refractivity contribution in [2.24, 2.45) is 0 Å². The third-order valence-electron chi connectivity index (χ3n) is 5.31. The van der Waals surface area contributed by atoms with Crippen LogP contribution in [0.25, 0.3) is 0 Å². The minimum Gasteiger partial charge on any atom is -0.497 e. The van der Waals surface area contributed by atoms with Crippen LogP contribution < -0.4 is 15.0 Å². The molecule has 13 heteroatoms. The molecule has 0 radical (unpaired) electrons. The highest BCUT2D eigenvalue weighted by atomic mass is 19.4. The van der Waals surface area contributed by atoms with E-state index in [9.17, 15) is 27.9 Å². The zero-order valence-electron chi connectivity index (χ0n) is 21.7. The highest BCUT2D eigenvalue weighted by Crippen LogP contribution is 2.26. The second-order valence-corrected chi connectivity index (χ2v) is 8.38. The summed E-state index contributed by atoms with van der Waals surface area (Å²) in [6.45, 7) is 5.35. The average Bonchev–Trinajstić information content (AvgIpc) is 3.22. The van der Waals surface area contributed by atoms with Gasteiger partial charge in [0.15, 0.2) is 0 Å². The largest absolute Gasteiger partial charge is 0.497 e. The Morgan fingerprint density at radius 2 is 1.69 bits per heavy atom. The molecule has 0 spiro atoms. The van der Waals surface area contributed by atoms with Gasteiger partial charge in [-0.2, -0.15) is 18.3 Å². The Labute approximate surface area is 222 Å². The maximum absolute atomic E-state index is 12.5. The standard InChI is InChI=1S/C24H28N4O4.C2HF3O2/c1-5-12-28-19(13-16(2)26-28)15-27(3)22-11-8-18(14-21(22)24(30)31)25-23(29)17-6-9-20(32-4)10-7-17;3-2(4,5)1(6)7/h6-11,13-14H,5,12,15H2,1-4H3,(H,25,29)(H,30,31);(H,6,7). The Hall–Kier alpha value is -4.55. The molecule has 210 valence electrons. The van der Waals surface area contributed by atoms with Gasteiger partial charge in [0.1, 0.15) is 5.75 Å². The summed E-state index contributed by atoms with van der Waals surface area (Å²) in [5.74, 6) is -3.50. The lowest BCUT2D eigenvalue weighted by Gasteiger charge is -2.22. The molecule has 0 saturated heterocycles. The van der Waals surface area contributed by atoms with E-state index in [-0.39, 0.29) is 11.5 Å². The van der Waals surface area contributed by atoms with Crippen LogP contribution in [0.2, 0.25) is 0 Å². The van der Waals surface area contributed by atoms with E-state index in [1.165, 1.54) is 6.07 Å². The Morgan fingerprint density at radius 3 is 2.21 bits per heavy atom. The number of anilines is 2. The van der Waals surface area contributed by atoms with Crippen LogP contribution >= 0.6 is 0 Å². The van der Waals surface area contributed by atoms with Crippen molar-refractivity contribution < 1.29 is 42.5 Å². The van der Waals surface area contributed by atoms with Gasteiger partial charge in [0, 0.05) is 24.8 Å². The summed E-state index contributed by atoms with van der Waals surface area (Å²) in [5, 5.41) is 24.2. The van der Waals surface area contributed by atoms with E-state index < -0.39 is 18.1 Å². The number of aliphatic carboxylic acids is 1. The minimum atomic E-state index is -5.08. The summed E-state index contributed by atoms with van der Waals surface area (Å²) in [7, 11) is 3.40. The fourth-order valence-corrected chi connectivity index (χ4v) is 3.52. The molecule has 3 rings (SSSR count). The van der Waals surface area contributed by atoms with Gasteiger partial charge in [0.05, 0.1) is 36.3 Å². The van der Waals surface area contributed by atoms with Crippen molar-refractivity contribution in [2.45, 2.75) is 39.5 Å². The zero-order chi connectivity index (χ0) is 29.3. The Morgan fingerprint density at radius 1 is 1.08 bits per heavy atom. The zero-order valence-corrected chi connectivity index (χ0v) is 21.7. The fraction of sp³-hybridized carbons (Fsp3) is 0.308. The summed E-state index contributed by atoms with van der Waals surface area (Å²) in [4.78, 5) is 35.3. The molecule has 3 aromatic rings. The first-order valence-electron chi connectivity index (χ1n) is 11.6. The van der Waals surface area contributed by atoms with E-state index >= 15 is 0 Å². The van der Waals surface area contributed by atoms with Gasteiger partial charge in [-0.3, -0.25) is 9.48 Å². The van der Waals surface area contributed by atoms with Crippen LogP contribution in [0.4, 0.5) is 24.5 Å². The van der Waals surface area contributed by atoms with Crippen molar-refractivity contribution in [1.29, 1.82) is 0 Å². The summed E-state index contributed by atoms with van der Waals surface area (Å²) in [5.41, 5.74) is 3.47. The van der Waals surface area contributed by atoms with Crippen LogP contribution in [-0.2, 0) is 17.9 Å². The molecular weight excluding hydrogens is 521 g/mol. The first kappa shape index (κ1) is 30.7. The minimum absolute atomic E-state index is 0.110. The number of nitrogens with zero attached hydrogens (tertiary/aromatic N) is 3. The lowest BCUT2D eigenvalue weighted by molar-refractivity contribution is -0.192. The number of halogens is 3. The number of benzene rings is 2. The van der Waals surface area contributed by atoms with Crippen LogP contribution in [0, 0.1) is 6.92 Å². The van der Waals surface area contributed by atoms with E-state index in [0.29, 0.717) is 29.2 Å². The molecule has 0 aliphatic carbocycles. The molecule has 1 amide bonds. The van der Waals surface area contributed by atoms with Crippen molar-refractivity contribution in [2.75, 3.05) is 24.4 Å². The van der Waals surface area contributed by atoms with Gasteiger partial charge in [-0.1, -0.05) is 6.92 Å². The SMILES string of the molecule is CCCn1nc(C)cc1CN(C)c1ccc(NC(=O)c2ccc(OC)cc2)cc1C(=O)O.O=C(O)C(F)(F)F. The molecule has 10 nitrogen and oxygen atoms in total. The number of carbonyl (C=O) groups excluding carboxylic acids is 1. The number of rotatable bonds is 9. The van der Waals surface area contributed by atoms with Gasteiger partial charge in [-0.25, -0.2) is 9.59 Å². The van der Waals surface area contributed by atoms with Crippen LogP contribution in [0.3, 0.4) is 0 Å². The van der Waals surface area contributed by atoms with Crippen LogP contribution in [0.5, 0.6) is 5.75 Å². The van der Waals surface area contributed by atoms with Crippen molar-refractivity contribution in [3.05, 3.63) is 71.0 Å². The smallest absolute Gasteiger partial charge is 0.490 e. The third-order valence-corrected chi connectivity index (χ3v) is 5.31. The number of aromatic nitrogens is 2. The topological polar surface area (TPSA) is 134 Å². The van der Waals surface area contributed by atoms with Crippen LogP contribution in [0.1, 0.15) is 45.4 Å². The molecule has 39 heavy (non-hydrogen) atoms. The third kappa shape index (κ3) is 8.76. The number of ether oxygens (including phenoxy) is 1. The lowest BCUT2D eigenvalue weighted by Crippen LogP contribution is -2.22. The van der Waals surface area contributed by atoms with Gasteiger partial charge >= 0.3 is 18.1 Å². The number of aryl methyl sites for hydroxylation is 2. The van der Waals surface area contributed by atoms with E-state index in [1.54, 1.807) is 43.5 Å². The van der Waals surface area contributed by atoms with Crippen LogP contribution in [0.15, 0.2) is 48.5 Å². The van der Waals surface area contributed by atoms with Crippen molar-refractivity contribution in [1.82, 2.24) is 9.78 Å². The molecule has 0 bridgehead atoms. The van der Waals surface area contributed by atoms with Crippen molar-refractivity contribution in [3.8, 4) is 5.75 Å². The Kier molecular flexibility index (Phi) is 10.5. The predicted molar refractivity (Wildman–Crippen MR) is 137 cm³/mol. The van der Waals surface area contributed by atoms with Gasteiger partial charge < -0.3 is 25.2 Å². The molecule has 0 saturated carbocycles. The summed E-state index contributed by atoms with van der Waals surface area (Å²) in [6, 6.07) is 13.6. The number of amides is 1. The molecule has 3 N–H and O–H groups in total. The monoisotopic (exact) mass is 550 g/mol. The summed E-state index contributed by atoms with van der Waals surface area (Å²) >= 11 is 0. The molecule has 0 atom stereocenters. The molecule has 0 unspecified atom stereocenters. The summed E-state index contributed by atoms with van der Waals surface area (Å²) in [6.07, 6.45) is -4.12. The average molecular weight is 551 g/mol. The number of nitrogens with one attached hydrogen (secondary N) is 1. The molecule has 2 aromatic carbocycles.